The van der Waals surface area contributed by atoms with Gasteiger partial charge in [0.15, 0.2) is 0 Å². The first kappa shape index (κ1) is 15.6. The molecule has 1 rings (SSSR count). The summed E-state index contributed by atoms with van der Waals surface area (Å²) in [5.41, 5.74) is 5.35. The molecule has 1 heteroatoms. The molecule has 0 saturated carbocycles. The minimum atomic E-state index is 0.238. The van der Waals surface area contributed by atoms with E-state index in [0.717, 1.165) is 0 Å². The second-order valence-electron chi connectivity index (χ2n) is 8.76. The van der Waals surface area contributed by atoms with Gasteiger partial charge in [0.05, 0.1) is 0 Å². The fourth-order valence-corrected chi connectivity index (χ4v) is 3.04. The molecule has 0 amide bonds. The largest absolute Gasteiger partial charge is 0.114 e. The van der Waals surface area contributed by atoms with Crippen molar-refractivity contribution in [2.45, 2.75) is 73.5 Å². The van der Waals surface area contributed by atoms with E-state index in [1.165, 1.54) is 12.8 Å². The van der Waals surface area contributed by atoms with Gasteiger partial charge in [0, 0.05) is 0 Å². The Labute approximate surface area is 115 Å². The van der Waals surface area contributed by atoms with Crippen LogP contribution in [0.25, 0.3) is 0 Å². The minimum Gasteiger partial charge on any atom is -0.0802 e. The van der Waals surface area contributed by atoms with Gasteiger partial charge in [-0.1, -0.05) is 67.0 Å². The van der Waals surface area contributed by atoms with Gasteiger partial charge in [0.2, 0.25) is 0 Å². The summed E-state index contributed by atoms with van der Waals surface area (Å²) in [5.74, 6) is 0. The van der Waals surface area contributed by atoms with Crippen LogP contribution in [-0.4, -0.2) is 7.85 Å². The molecule has 18 heavy (non-hydrogen) atoms. The Morgan fingerprint density at radius 1 is 0.889 bits per heavy atom. The molecule has 0 fully saturated rings. The van der Waals surface area contributed by atoms with Gasteiger partial charge in [0.1, 0.15) is 7.85 Å². The van der Waals surface area contributed by atoms with E-state index >= 15 is 0 Å². The summed E-state index contributed by atoms with van der Waals surface area (Å²) in [4.78, 5) is 0. The fourth-order valence-electron chi connectivity index (χ4n) is 3.04. The van der Waals surface area contributed by atoms with Crippen molar-refractivity contribution in [2.24, 2.45) is 10.8 Å². The lowest BCUT2D eigenvalue weighted by atomic mass is 9.58. The zero-order valence-electron chi connectivity index (χ0n) is 14.0. The van der Waals surface area contributed by atoms with E-state index in [1.54, 1.807) is 16.7 Å². The lowest BCUT2D eigenvalue weighted by Gasteiger charge is -2.41. The Morgan fingerprint density at radius 3 is 1.72 bits per heavy atom. The van der Waals surface area contributed by atoms with E-state index in [4.69, 9.17) is 0 Å². The van der Waals surface area contributed by atoms with Crippen molar-refractivity contribution in [1.82, 2.24) is 0 Å². The highest BCUT2D eigenvalue weighted by atomic mass is 14.4. The number of rotatable bonds is 1. The molecule has 1 aliphatic carbocycles. The van der Waals surface area contributed by atoms with Gasteiger partial charge >= 0.3 is 0 Å². The fraction of sp³-hybridized carbons (Fsp3) is 0.765. The molecule has 0 aliphatic heterocycles. The molecule has 0 aromatic carbocycles. The van der Waals surface area contributed by atoms with E-state index in [0.29, 0.717) is 0 Å². The van der Waals surface area contributed by atoms with Crippen molar-refractivity contribution in [1.29, 1.82) is 0 Å². The minimum absolute atomic E-state index is 0.238. The maximum absolute atomic E-state index is 2.48. The topological polar surface area (TPSA) is 0 Å². The quantitative estimate of drug-likeness (QED) is 0.575. The van der Waals surface area contributed by atoms with E-state index in [-0.39, 0.29) is 16.1 Å². The van der Waals surface area contributed by atoms with E-state index in [1.807, 2.05) is 0 Å². The highest BCUT2D eigenvalue weighted by Crippen LogP contribution is 2.50. The number of hydrogen-bond donors (Lipinski definition) is 0. The highest BCUT2D eigenvalue weighted by Gasteiger charge is 2.35. The third-order valence-corrected chi connectivity index (χ3v) is 3.78. The first-order chi connectivity index (χ1) is 7.85. The molecule has 102 valence electrons. The third kappa shape index (κ3) is 3.30. The van der Waals surface area contributed by atoms with Gasteiger partial charge in [-0.05, 0) is 40.1 Å². The van der Waals surface area contributed by atoms with Crippen LogP contribution in [0.15, 0.2) is 22.8 Å². The molecule has 0 unspecified atom stereocenters. The first-order valence-corrected chi connectivity index (χ1v) is 7.30. The van der Waals surface area contributed by atoms with Crippen LogP contribution in [0.4, 0.5) is 0 Å². The molecule has 0 radical (unpaired) electrons. The summed E-state index contributed by atoms with van der Waals surface area (Å²) in [6, 6.07) is 0. The summed E-state index contributed by atoms with van der Waals surface area (Å²) in [6.07, 6.45) is 4.92. The maximum Gasteiger partial charge on any atom is 0.114 e. The van der Waals surface area contributed by atoms with Gasteiger partial charge in [-0.15, -0.1) is 0 Å². The van der Waals surface area contributed by atoms with Crippen LogP contribution >= 0.6 is 0 Å². The Hall–Kier alpha value is -0.455. The summed E-state index contributed by atoms with van der Waals surface area (Å²) < 4.78 is 0. The van der Waals surface area contributed by atoms with Gasteiger partial charge in [-0.2, -0.15) is 0 Å². The van der Waals surface area contributed by atoms with E-state index in [2.05, 4.69) is 69.3 Å². The molecule has 0 atom stereocenters. The molecule has 1 aliphatic rings. The zero-order valence-corrected chi connectivity index (χ0v) is 14.0. The number of allylic oxidation sites excluding steroid dienone is 4. The van der Waals surface area contributed by atoms with Crippen LogP contribution < -0.4 is 0 Å². The van der Waals surface area contributed by atoms with Crippen LogP contribution in [-0.2, 0) is 0 Å². The average Bonchev–Trinajstić information content (AvgIpc) is 2.12. The van der Waals surface area contributed by atoms with Crippen LogP contribution in [0.5, 0.6) is 0 Å². The predicted octanol–water partition coefficient (Wildman–Crippen LogP) is 4.93. The predicted molar refractivity (Wildman–Crippen MR) is 85.8 cm³/mol. The monoisotopic (exact) mass is 246 g/mol. The Balaban J connectivity index is 3.49. The van der Waals surface area contributed by atoms with Crippen molar-refractivity contribution >= 4 is 7.85 Å². The standard InChI is InChI=1S/C17H31B/c1-15(2,3)12-10-9-11-13(17(7,8)18)14(12)16(4,5)6/h10H,9,11,18H2,1-8H3. The average molecular weight is 246 g/mol. The van der Waals surface area contributed by atoms with Crippen LogP contribution in [0.1, 0.15) is 68.2 Å². The van der Waals surface area contributed by atoms with Crippen LogP contribution in [0.3, 0.4) is 0 Å². The van der Waals surface area contributed by atoms with Gasteiger partial charge in [-0.25, -0.2) is 0 Å². The second-order valence-corrected chi connectivity index (χ2v) is 8.76. The summed E-state index contributed by atoms with van der Waals surface area (Å²) in [6.45, 7) is 18.8. The summed E-state index contributed by atoms with van der Waals surface area (Å²) in [5, 5.41) is 0.285. The highest BCUT2D eigenvalue weighted by molar-refractivity contribution is 6.17. The van der Waals surface area contributed by atoms with Crippen molar-refractivity contribution in [3.8, 4) is 0 Å². The number of hydrogen-bond acceptors (Lipinski definition) is 0. The lowest BCUT2D eigenvalue weighted by Crippen LogP contribution is -2.26. The molecule has 0 aromatic heterocycles. The normalized spacial score (nSPS) is 19.0. The Kier molecular flexibility index (Phi) is 3.97. The summed E-state index contributed by atoms with van der Waals surface area (Å²) >= 11 is 0. The Bertz CT molecular complexity index is 375. The smallest absolute Gasteiger partial charge is 0.0802 e. The van der Waals surface area contributed by atoms with E-state index in [9.17, 15) is 0 Å². The van der Waals surface area contributed by atoms with Crippen LogP contribution in [0, 0.1) is 10.8 Å². The van der Waals surface area contributed by atoms with Crippen LogP contribution in [0.2, 0.25) is 5.31 Å². The van der Waals surface area contributed by atoms with Gasteiger partial charge in [-0.3, -0.25) is 0 Å². The Morgan fingerprint density at radius 2 is 1.39 bits per heavy atom. The molecule has 0 nitrogen and oxygen atoms in total. The zero-order chi connectivity index (χ0) is 14.4. The third-order valence-electron chi connectivity index (χ3n) is 3.78. The second kappa shape index (κ2) is 4.58. The van der Waals surface area contributed by atoms with Crippen molar-refractivity contribution in [2.75, 3.05) is 0 Å². The summed E-state index contributed by atoms with van der Waals surface area (Å²) in [7, 11) is 2.36. The lowest BCUT2D eigenvalue weighted by molar-refractivity contribution is 0.427. The molecule has 0 heterocycles. The maximum atomic E-state index is 2.48. The first-order valence-electron chi connectivity index (χ1n) is 7.30. The molecular weight excluding hydrogens is 215 g/mol. The van der Waals surface area contributed by atoms with Crippen molar-refractivity contribution in [3.05, 3.63) is 22.8 Å². The molecule has 0 N–H and O–H groups in total. The molecule has 0 aromatic rings. The molecular formula is C17H31B. The van der Waals surface area contributed by atoms with E-state index < -0.39 is 0 Å². The molecule has 0 saturated heterocycles. The molecule has 0 bridgehead atoms. The SMILES string of the molecule is BC(C)(C)C1=C(C(C)(C)C)C(C(C)(C)C)=CCC1. The van der Waals surface area contributed by atoms with Gasteiger partial charge in [0.25, 0.3) is 0 Å². The van der Waals surface area contributed by atoms with Crippen molar-refractivity contribution in [3.63, 3.8) is 0 Å². The van der Waals surface area contributed by atoms with Crippen molar-refractivity contribution < 1.29 is 0 Å². The van der Waals surface area contributed by atoms with Gasteiger partial charge < -0.3 is 0 Å². The molecule has 0 spiro atoms.